The minimum atomic E-state index is -3.78. The molecule has 2 rings (SSSR count). The van der Waals surface area contributed by atoms with Gasteiger partial charge in [0, 0.05) is 33.1 Å². The van der Waals surface area contributed by atoms with Gasteiger partial charge >= 0.3 is 5.97 Å². The van der Waals surface area contributed by atoms with Gasteiger partial charge in [-0.25, -0.2) is 13.2 Å². The van der Waals surface area contributed by atoms with Crippen molar-refractivity contribution in [1.82, 2.24) is 9.21 Å². The molecule has 126 valence electrons. The van der Waals surface area contributed by atoms with Crippen molar-refractivity contribution in [2.75, 3.05) is 26.2 Å². The molecule has 1 saturated heterocycles. The Bertz CT molecular complexity index is 729. The van der Waals surface area contributed by atoms with E-state index < -0.39 is 16.0 Å². The highest BCUT2D eigenvalue weighted by molar-refractivity contribution is 7.89. The summed E-state index contributed by atoms with van der Waals surface area (Å²) in [4.78, 5) is 24.2. The molecule has 1 aromatic rings. The molecule has 0 bridgehead atoms. The number of carboxylic acid groups (broad SMARTS) is 1. The standard InChI is InChI=1S/C15H20N2O5S/c1-11-4-5-13(10-14(11)15(19)20)23(21,22)17-7-3-6-16(8-9-17)12(2)18/h4-5,10H,3,6-9H2,1-2H3,(H,19,20). The first-order valence-electron chi connectivity index (χ1n) is 7.33. The summed E-state index contributed by atoms with van der Waals surface area (Å²) in [5.74, 6) is -1.23. The zero-order valence-electron chi connectivity index (χ0n) is 13.2. The number of nitrogens with zero attached hydrogens (tertiary/aromatic N) is 2. The molecule has 0 radical (unpaired) electrons. The Kier molecular flexibility index (Phi) is 5.06. The maximum atomic E-state index is 12.7. The second-order valence-corrected chi connectivity index (χ2v) is 7.48. The largest absolute Gasteiger partial charge is 0.478 e. The van der Waals surface area contributed by atoms with Crippen molar-refractivity contribution in [1.29, 1.82) is 0 Å². The summed E-state index contributed by atoms with van der Waals surface area (Å²) >= 11 is 0. The quantitative estimate of drug-likeness (QED) is 0.883. The fraction of sp³-hybridized carbons (Fsp3) is 0.467. The minimum absolute atomic E-state index is 0.0220. The van der Waals surface area contributed by atoms with E-state index in [0.717, 1.165) is 0 Å². The Morgan fingerprint density at radius 1 is 1.13 bits per heavy atom. The zero-order valence-corrected chi connectivity index (χ0v) is 14.0. The lowest BCUT2D eigenvalue weighted by Crippen LogP contribution is -2.36. The third-order valence-electron chi connectivity index (χ3n) is 3.98. The third-order valence-corrected chi connectivity index (χ3v) is 5.87. The number of amides is 1. The molecule has 8 heteroatoms. The van der Waals surface area contributed by atoms with Crippen LogP contribution in [-0.4, -0.2) is 60.8 Å². The first kappa shape index (κ1) is 17.4. The number of carboxylic acids is 1. The molecule has 1 amide bonds. The summed E-state index contributed by atoms with van der Waals surface area (Å²) in [5.41, 5.74) is 0.487. The molecule has 0 saturated carbocycles. The van der Waals surface area contributed by atoms with E-state index in [1.54, 1.807) is 11.8 Å². The van der Waals surface area contributed by atoms with Crippen molar-refractivity contribution in [3.63, 3.8) is 0 Å². The van der Waals surface area contributed by atoms with Gasteiger partial charge in [-0.2, -0.15) is 4.31 Å². The van der Waals surface area contributed by atoms with Crippen molar-refractivity contribution in [2.24, 2.45) is 0 Å². The van der Waals surface area contributed by atoms with E-state index >= 15 is 0 Å². The average Bonchev–Trinajstić information content (AvgIpc) is 2.73. The van der Waals surface area contributed by atoms with Crippen LogP contribution in [0, 0.1) is 6.92 Å². The number of sulfonamides is 1. The van der Waals surface area contributed by atoms with Crippen LogP contribution in [0.5, 0.6) is 0 Å². The molecule has 0 atom stereocenters. The number of benzene rings is 1. The van der Waals surface area contributed by atoms with Crippen molar-refractivity contribution in [3.05, 3.63) is 29.3 Å². The average molecular weight is 340 g/mol. The Labute approximate surface area is 135 Å². The Morgan fingerprint density at radius 3 is 2.43 bits per heavy atom. The number of hydrogen-bond acceptors (Lipinski definition) is 4. The van der Waals surface area contributed by atoms with E-state index in [1.807, 2.05) is 0 Å². The summed E-state index contributed by atoms with van der Waals surface area (Å²) in [6.45, 7) is 4.46. The molecule has 0 spiro atoms. The molecule has 0 unspecified atom stereocenters. The fourth-order valence-electron chi connectivity index (χ4n) is 2.59. The van der Waals surface area contributed by atoms with Gasteiger partial charge in [0.2, 0.25) is 15.9 Å². The molecule has 1 N–H and O–H groups in total. The number of carbonyl (C=O) groups excluding carboxylic acids is 1. The van der Waals surface area contributed by atoms with Crippen LogP contribution in [0.3, 0.4) is 0 Å². The van der Waals surface area contributed by atoms with Gasteiger partial charge in [-0.3, -0.25) is 4.79 Å². The molecule has 1 aliphatic rings. The van der Waals surface area contributed by atoms with Crippen LogP contribution < -0.4 is 0 Å². The number of aromatic carboxylic acids is 1. The Hall–Kier alpha value is -1.93. The zero-order chi connectivity index (χ0) is 17.2. The lowest BCUT2D eigenvalue weighted by Gasteiger charge is -2.21. The van der Waals surface area contributed by atoms with E-state index in [2.05, 4.69) is 0 Å². The molecule has 0 aromatic heterocycles. The van der Waals surface area contributed by atoms with Gasteiger partial charge in [-0.15, -0.1) is 0 Å². The van der Waals surface area contributed by atoms with Crippen LogP contribution in [0.25, 0.3) is 0 Å². The molecule has 7 nitrogen and oxygen atoms in total. The van der Waals surface area contributed by atoms with Gasteiger partial charge in [0.05, 0.1) is 10.5 Å². The van der Waals surface area contributed by atoms with Gasteiger partial charge in [0.25, 0.3) is 0 Å². The van der Waals surface area contributed by atoms with Gasteiger partial charge in [-0.05, 0) is 31.0 Å². The molecule has 1 fully saturated rings. The molecule has 1 aliphatic heterocycles. The normalized spacial score (nSPS) is 16.9. The molecule has 23 heavy (non-hydrogen) atoms. The molecule has 0 aliphatic carbocycles. The van der Waals surface area contributed by atoms with Crippen LogP contribution in [0.4, 0.5) is 0 Å². The van der Waals surface area contributed by atoms with E-state index in [0.29, 0.717) is 31.6 Å². The highest BCUT2D eigenvalue weighted by atomic mass is 32.2. The van der Waals surface area contributed by atoms with E-state index in [1.165, 1.54) is 29.4 Å². The van der Waals surface area contributed by atoms with Gasteiger partial charge in [0.1, 0.15) is 0 Å². The summed E-state index contributed by atoms with van der Waals surface area (Å²) in [5, 5.41) is 9.15. The van der Waals surface area contributed by atoms with Crippen LogP contribution in [0.1, 0.15) is 29.3 Å². The molecule has 1 heterocycles. The summed E-state index contributed by atoms with van der Waals surface area (Å²) in [7, 11) is -3.78. The summed E-state index contributed by atoms with van der Waals surface area (Å²) in [6.07, 6.45) is 0.552. The predicted octanol–water partition coefficient (Wildman–Crippen LogP) is 0.936. The van der Waals surface area contributed by atoms with E-state index in [9.17, 15) is 18.0 Å². The Balaban J connectivity index is 2.30. The maximum Gasteiger partial charge on any atom is 0.335 e. The number of aryl methyl sites for hydroxylation is 1. The predicted molar refractivity (Wildman–Crippen MR) is 83.8 cm³/mol. The van der Waals surface area contributed by atoms with Crippen molar-refractivity contribution >= 4 is 21.9 Å². The van der Waals surface area contributed by atoms with Gasteiger partial charge < -0.3 is 10.0 Å². The number of carbonyl (C=O) groups is 2. The smallest absolute Gasteiger partial charge is 0.335 e. The van der Waals surface area contributed by atoms with Crippen LogP contribution in [-0.2, 0) is 14.8 Å². The minimum Gasteiger partial charge on any atom is -0.478 e. The fourth-order valence-corrected chi connectivity index (χ4v) is 4.09. The lowest BCUT2D eigenvalue weighted by atomic mass is 10.1. The first-order chi connectivity index (χ1) is 10.7. The van der Waals surface area contributed by atoms with Crippen LogP contribution in [0.15, 0.2) is 23.1 Å². The Morgan fingerprint density at radius 2 is 1.83 bits per heavy atom. The van der Waals surface area contributed by atoms with Crippen LogP contribution in [0.2, 0.25) is 0 Å². The van der Waals surface area contributed by atoms with E-state index in [-0.39, 0.29) is 22.9 Å². The van der Waals surface area contributed by atoms with Crippen molar-refractivity contribution in [3.8, 4) is 0 Å². The van der Waals surface area contributed by atoms with Gasteiger partial charge in [-0.1, -0.05) is 6.07 Å². The summed E-state index contributed by atoms with van der Waals surface area (Å²) in [6, 6.07) is 4.11. The topological polar surface area (TPSA) is 95.0 Å². The van der Waals surface area contributed by atoms with E-state index in [4.69, 9.17) is 5.11 Å². The second kappa shape index (κ2) is 6.67. The highest BCUT2D eigenvalue weighted by Gasteiger charge is 2.28. The first-order valence-corrected chi connectivity index (χ1v) is 8.77. The maximum absolute atomic E-state index is 12.7. The monoisotopic (exact) mass is 340 g/mol. The van der Waals surface area contributed by atoms with Gasteiger partial charge in [0.15, 0.2) is 0 Å². The van der Waals surface area contributed by atoms with Crippen molar-refractivity contribution in [2.45, 2.75) is 25.2 Å². The molecular weight excluding hydrogens is 320 g/mol. The SMILES string of the molecule is CC(=O)N1CCCN(S(=O)(=O)c2ccc(C)c(C(=O)O)c2)CC1. The van der Waals surface area contributed by atoms with Crippen molar-refractivity contribution < 1.29 is 23.1 Å². The highest BCUT2D eigenvalue weighted by Crippen LogP contribution is 2.21. The number of rotatable bonds is 3. The third kappa shape index (κ3) is 3.70. The second-order valence-electron chi connectivity index (χ2n) is 5.55. The summed E-state index contributed by atoms with van der Waals surface area (Å²) < 4.78 is 26.8. The molecule has 1 aromatic carbocycles. The number of hydrogen-bond donors (Lipinski definition) is 1. The van der Waals surface area contributed by atoms with Crippen LogP contribution >= 0.6 is 0 Å². The molecular formula is C15H20N2O5S. The lowest BCUT2D eigenvalue weighted by molar-refractivity contribution is -0.128.